The van der Waals surface area contributed by atoms with Crippen LogP contribution < -0.4 is 5.32 Å². The number of anilines is 1. The molecule has 1 heterocycles. The topological polar surface area (TPSA) is 41.6 Å². The highest BCUT2D eigenvalue weighted by Gasteiger charge is 2.22. The Kier molecular flexibility index (Phi) is 17.1. The Morgan fingerprint density at radius 3 is 2.03 bits per heavy atom. The predicted molar refractivity (Wildman–Crippen MR) is 136 cm³/mol. The van der Waals surface area contributed by atoms with E-state index in [0.29, 0.717) is 0 Å². The largest absolute Gasteiger partial charge is 0.446 e. The van der Waals surface area contributed by atoms with Crippen molar-refractivity contribution in [1.82, 2.24) is 4.90 Å². The van der Waals surface area contributed by atoms with Gasteiger partial charge in [-0.25, -0.2) is 4.79 Å². The zero-order valence-electron chi connectivity index (χ0n) is 20.8. The Morgan fingerprint density at radius 2 is 1.45 bits per heavy atom. The van der Waals surface area contributed by atoms with Gasteiger partial charge in [0.15, 0.2) is 0 Å². The minimum absolute atomic E-state index is 0.0111. The number of para-hydroxylation sites is 1. The highest BCUT2D eigenvalue weighted by molar-refractivity contribution is 5.91. The summed E-state index contributed by atoms with van der Waals surface area (Å²) in [6.45, 7) is 17.3. The SMILES string of the molecule is CC.CC.CC.CCCN1CCC(OC(=O)Nc2ccccc2-c2ccccc2)CC1. The number of hydrogen-bond acceptors (Lipinski definition) is 3. The quantitative estimate of drug-likeness (QED) is 0.527. The zero-order chi connectivity index (χ0) is 23.5. The van der Waals surface area contributed by atoms with Gasteiger partial charge in [-0.2, -0.15) is 0 Å². The molecule has 0 saturated carbocycles. The number of nitrogens with zero attached hydrogens (tertiary/aromatic N) is 1. The lowest BCUT2D eigenvalue weighted by Crippen LogP contribution is -2.38. The first-order valence-corrected chi connectivity index (χ1v) is 12.1. The summed E-state index contributed by atoms with van der Waals surface area (Å²) in [7, 11) is 0. The van der Waals surface area contributed by atoms with Crippen LogP contribution in [0, 0.1) is 0 Å². The molecular weight excluding hydrogens is 384 g/mol. The van der Waals surface area contributed by atoms with Gasteiger partial charge in [0.1, 0.15) is 6.10 Å². The summed E-state index contributed by atoms with van der Waals surface area (Å²) in [5, 5.41) is 2.92. The molecule has 0 aliphatic carbocycles. The lowest BCUT2D eigenvalue weighted by molar-refractivity contribution is 0.0590. The molecule has 1 fully saturated rings. The first kappa shape index (κ1) is 28.7. The van der Waals surface area contributed by atoms with Crippen LogP contribution in [0.3, 0.4) is 0 Å². The molecule has 31 heavy (non-hydrogen) atoms. The number of benzene rings is 2. The molecule has 1 N–H and O–H groups in total. The lowest BCUT2D eigenvalue weighted by Gasteiger charge is -2.31. The average Bonchev–Trinajstić information content (AvgIpc) is 2.85. The van der Waals surface area contributed by atoms with Gasteiger partial charge < -0.3 is 9.64 Å². The number of amides is 1. The molecule has 0 bridgehead atoms. The third-order valence-corrected chi connectivity index (χ3v) is 4.60. The van der Waals surface area contributed by atoms with E-state index in [-0.39, 0.29) is 12.2 Å². The van der Waals surface area contributed by atoms with Gasteiger partial charge in [0.2, 0.25) is 0 Å². The van der Waals surface area contributed by atoms with E-state index in [4.69, 9.17) is 4.74 Å². The first-order chi connectivity index (χ1) is 15.3. The lowest BCUT2D eigenvalue weighted by atomic mass is 10.0. The van der Waals surface area contributed by atoms with Crippen LogP contribution in [-0.2, 0) is 4.74 Å². The molecule has 0 atom stereocenters. The summed E-state index contributed by atoms with van der Waals surface area (Å²) in [5.74, 6) is 0. The normalized spacial score (nSPS) is 13.3. The average molecular weight is 429 g/mol. The molecule has 0 radical (unpaired) electrons. The fraction of sp³-hybridized carbons (Fsp3) is 0.519. The Hall–Kier alpha value is -2.33. The van der Waals surface area contributed by atoms with Crippen molar-refractivity contribution in [2.24, 2.45) is 0 Å². The third kappa shape index (κ3) is 10.5. The highest BCUT2D eigenvalue weighted by Crippen LogP contribution is 2.27. The number of hydrogen-bond donors (Lipinski definition) is 1. The van der Waals surface area contributed by atoms with E-state index in [2.05, 4.69) is 17.1 Å². The van der Waals surface area contributed by atoms with Crippen molar-refractivity contribution in [3.05, 3.63) is 54.6 Å². The number of ether oxygens (including phenoxy) is 1. The van der Waals surface area contributed by atoms with Crippen LogP contribution in [0.25, 0.3) is 11.1 Å². The first-order valence-electron chi connectivity index (χ1n) is 12.1. The number of likely N-dealkylation sites (tertiary alicyclic amines) is 1. The summed E-state index contributed by atoms with van der Waals surface area (Å²) >= 11 is 0. The molecule has 0 spiro atoms. The second-order valence-electron chi connectivity index (χ2n) is 6.48. The molecular formula is C27H44N2O2. The fourth-order valence-corrected chi connectivity index (χ4v) is 3.32. The van der Waals surface area contributed by atoms with Crippen molar-refractivity contribution in [2.45, 2.75) is 73.8 Å². The molecule has 0 unspecified atom stereocenters. The minimum atomic E-state index is -0.364. The van der Waals surface area contributed by atoms with E-state index in [1.807, 2.05) is 96.1 Å². The standard InChI is InChI=1S/C21H26N2O2.3C2H6/c1-2-14-23-15-12-18(13-16-23)25-21(24)22-20-11-7-6-10-19(20)17-8-4-3-5-9-17;3*1-2/h3-11,18H,2,12-16H2,1H3,(H,22,24);3*1-2H3. The van der Waals surface area contributed by atoms with Crippen molar-refractivity contribution in [2.75, 3.05) is 25.0 Å². The van der Waals surface area contributed by atoms with E-state index in [9.17, 15) is 4.79 Å². The molecule has 1 aliphatic rings. The van der Waals surface area contributed by atoms with Gasteiger partial charge in [0.25, 0.3) is 0 Å². The molecule has 4 heteroatoms. The number of nitrogens with one attached hydrogen (secondary N) is 1. The maximum Gasteiger partial charge on any atom is 0.411 e. The number of carbonyl (C=O) groups excluding carboxylic acids is 1. The Morgan fingerprint density at radius 1 is 0.903 bits per heavy atom. The van der Waals surface area contributed by atoms with Crippen LogP contribution in [-0.4, -0.2) is 36.7 Å². The molecule has 2 aromatic carbocycles. The van der Waals surface area contributed by atoms with Crippen LogP contribution in [0.5, 0.6) is 0 Å². The maximum atomic E-state index is 12.3. The van der Waals surface area contributed by atoms with Gasteiger partial charge in [0.05, 0.1) is 5.69 Å². The Balaban J connectivity index is 0.00000138. The Bertz CT molecular complexity index is 681. The van der Waals surface area contributed by atoms with E-state index in [1.165, 1.54) is 6.42 Å². The van der Waals surface area contributed by atoms with E-state index in [0.717, 1.165) is 49.3 Å². The fourth-order valence-electron chi connectivity index (χ4n) is 3.32. The number of carbonyl (C=O) groups is 1. The van der Waals surface area contributed by atoms with Crippen molar-refractivity contribution in [3.63, 3.8) is 0 Å². The summed E-state index contributed by atoms with van der Waals surface area (Å²) in [4.78, 5) is 14.8. The van der Waals surface area contributed by atoms with Crippen LogP contribution in [0.1, 0.15) is 67.7 Å². The molecule has 2 aromatic rings. The van der Waals surface area contributed by atoms with Crippen LogP contribution >= 0.6 is 0 Å². The molecule has 3 rings (SSSR count). The monoisotopic (exact) mass is 428 g/mol. The summed E-state index contributed by atoms with van der Waals surface area (Å²) < 4.78 is 5.64. The second-order valence-corrected chi connectivity index (χ2v) is 6.48. The van der Waals surface area contributed by atoms with Crippen molar-refractivity contribution in [1.29, 1.82) is 0 Å². The smallest absolute Gasteiger partial charge is 0.411 e. The summed E-state index contributed by atoms with van der Waals surface area (Å²) in [6.07, 6.45) is 2.64. The minimum Gasteiger partial charge on any atom is -0.446 e. The third-order valence-electron chi connectivity index (χ3n) is 4.60. The predicted octanol–water partition coefficient (Wildman–Crippen LogP) is 7.86. The maximum absolute atomic E-state index is 12.3. The van der Waals surface area contributed by atoms with Crippen molar-refractivity contribution < 1.29 is 9.53 Å². The van der Waals surface area contributed by atoms with Crippen LogP contribution in [0.2, 0.25) is 0 Å². The van der Waals surface area contributed by atoms with E-state index in [1.54, 1.807) is 0 Å². The van der Waals surface area contributed by atoms with Gasteiger partial charge in [-0.1, -0.05) is 97.0 Å². The van der Waals surface area contributed by atoms with Crippen molar-refractivity contribution >= 4 is 11.8 Å². The molecule has 0 aromatic heterocycles. The summed E-state index contributed by atoms with van der Waals surface area (Å²) in [6, 6.07) is 17.9. The molecule has 4 nitrogen and oxygen atoms in total. The van der Waals surface area contributed by atoms with E-state index >= 15 is 0 Å². The van der Waals surface area contributed by atoms with Crippen LogP contribution in [0.15, 0.2) is 54.6 Å². The van der Waals surface area contributed by atoms with Crippen molar-refractivity contribution in [3.8, 4) is 11.1 Å². The van der Waals surface area contributed by atoms with Gasteiger partial charge in [-0.15, -0.1) is 0 Å². The zero-order valence-corrected chi connectivity index (χ0v) is 20.8. The molecule has 174 valence electrons. The van der Waals surface area contributed by atoms with Gasteiger partial charge >= 0.3 is 6.09 Å². The Labute approximate surface area is 191 Å². The molecule has 1 aliphatic heterocycles. The highest BCUT2D eigenvalue weighted by atomic mass is 16.6. The number of rotatable bonds is 5. The van der Waals surface area contributed by atoms with Gasteiger partial charge in [-0.05, 0) is 37.4 Å². The van der Waals surface area contributed by atoms with Gasteiger partial charge in [-0.3, -0.25) is 5.32 Å². The van der Waals surface area contributed by atoms with Crippen LogP contribution in [0.4, 0.5) is 10.5 Å². The molecule has 1 saturated heterocycles. The second kappa shape index (κ2) is 18.4. The number of piperidine rings is 1. The van der Waals surface area contributed by atoms with Gasteiger partial charge in [0, 0.05) is 18.7 Å². The summed E-state index contributed by atoms with van der Waals surface area (Å²) in [5.41, 5.74) is 2.85. The molecule has 1 amide bonds. The van der Waals surface area contributed by atoms with E-state index < -0.39 is 0 Å².